The molecule has 0 bridgehead atoms. The van der Waals surface area contributed by atoms with Gasteiger partial charge in [0.15, 0.2) is 12.4 Å². The number of carbonyl (C=O) groups is 2. The second kappa shape index (κ2) is 9.54. The van der Waals surface area contributed by atoms with Gasteiger partial charge in [0.05, 0.1) is 25.6 Å². The van der Waals surface area contributed by atoms with Gasteiger partial charge in [-0.05, 0) is 25.5 Å². The van der Waals surface area contributed by atoms with E-state index >= 15 is 0 Å². The van der Waals surface area contributed by atoms with Gasteiger partial charge < -0.3 is 19.5 Å². The van der Waals surface area contributed by atoms with E-state index in [4.69, 9.17) is 14.2 Å². The number of amides is 1. The van der Waals surface area contributed by atoms with Crippen LogP contribution in [0.5, 0.6) is 11.5 Å². The highest BCUT2D eigenvalue weighted by Crippen LogP contribution is 2.32. The van der Waals surface area contributed by atoms with Crippen LogP contribution in [0, 0.1) is 24.0 Å². The van der Waals surface area contributed by atoms with Crippen molar-refractivity contribution in [2.45, 2.75) is 20.3 Å². The van der Waals surface area contributed by atoms with Crippen molar-refractivity contribution >= 4 is 23.3 Å². The number of hydrogen-bond donors (Lipinski definition) is 1. The SMILES string of the molecule is COc1ccc(C)cc1CC(=O)OCC(=O)Nc1cc(OC)c([N+](=O)[O-])cc1C. The van der Waals surface area contributed by atoms with Gasteiger partial charge in [0.1, 0.15) is 5.75 Å². The van der Waals surface area contributed by atoms with Gasteiger partial charge >= 0.3 is 11.7 Å². The molecule has 0 unspecified atom stereocenters. The molecule has 0 aliphatic rings. The van der Waals surface area contributed by atoms with Crippen LogP contribution in [0.4, 0.5) is 11.4 Å². The summed E-state index contributed by atoms with van der Waals surface area (Å²) >= 11 is 0. The highest BCUT2D eigenvalue weighted by molar-refractivity contribution is 5.94. The average molecular weight is 402 g/mol. The fraction of sp³-hybridized carbons (Fsp3) is 0.300. The van der Waals surface area contributed by atoms with Gasteiger partial charge in [-0.25, -0.2) is 0 Å². The first-order chi connectivity index (χ1) is 13.7. The van der Waals surface area contributed by atoms with E-state index in [0.717, 1.165) is 5.56 Å². The van der Waals surface area contributed by atoms with E-state index in [1.165, 1.54) is 26.4 Å². The highest BCUT2D eigenvalue weighted by Gasteiger charge is 2.19. The van der Waals surface area contributed by atoms with Crippen molar-refractivity contribution in [2.75, 3.05) is 26.1 Å². The van der Waals surface area contributed by atoms with Crippen LogP contribution in [-0.2, 0) is 20.7 Å². The minimum atomic E-state index is -0.581. The number of esters is 1. The van der Waals surface area contributed by atoms with Gasteiger partial charge in [-0.2, -0.15) is 0 Å². The third kappa shape index (κ3) is 5.68. The summed E-state index contributed by atoms with van der Waals surface area (Å²) in [5.41, 5.74) is 2.22. The van der Waals surface area contributed by atoms with E-state index in [9.17, 15) is 19.7 Å². The van der Waals surface area contributed by atoms with Crippen LogP contribution in [0.2, 0.25) is 0 Å². The first-order valence-electron chi connectivity index (χ1n) is 8.67. The molecule has 0 fully saturated rings. The van der Waals surface area contributed by atoms with Crippen molar-refractivity contribution < 1.29 is 28.7 Å². The van der Waals surface area contributed by atoms with Crippen molar-refractivity contribution in [3.63, 3.8) is 0 Å². The number of rotatable bonds is 8. The van der Waals surface area contributed by atoms with Gasteiger partial charge in [-0.15, -0.1) is 0 Å². The van der Waals surface area contributed by atoms with E-state index in [0.29, 0.717) is 22.6 Å². The minimum absolute atomic E-state index is 0.0134. The number of nitro benzene ring substituents is 1. The van der Waals surface area contributed by atoms with Gasteiger partial charge in [-0.1, -0.05) is 17.7 Å². The molecule has 9 nitrogen and oxygen atoms in total. The Hall–Kier alpha value is -3.62. The molecule has 0 aromatic heterocycles. The van der Waals surface area contributed by atoms with Crippen molar-refractivity contribution in [1.29, 1.82) is 0 Å². The number of carbonyl (C=O) groups excluding carboxylic acids is 2. The van der Waals surface area contributed by atoms with Crippen LogP contribution in [0.3, 0.4) is 0 Å². The lowest BCUT2D eigenvalue weighted by atomic mass is 10.1. The number of nitrogens with zero attached hydrogens (tertiary/aromatic N) is 1. The second-order valence-electron chi connectivity index (χ2n) is 6.30. The number of aryl methyl sites for hydroxylation is 2. The largest absolute Gasteiger partial charge is 0.496 e. The second-order valence-corrected chi connectivity index (χ2v) is 6.30. The molecule has 154 valence electrons. The highest BCUT2D eigenvalue weighted by atomic mass is 16.6. The maximum absolute atomic E-state index is 12.1. The maximum Gasteiger partial charge on any atom is 0.311 e. The number of benzene rings is 2. The number of hydrogen-bond acceptors (Lipinski definition) is 7. The summed E-state index contributed by atoms with van der Waals surface area (Å²) in [5, 5.41) is 13.6. The Labute approximate surface area is 167 Å². The Morgan fingerprint density at radius 1 is 1.07 bits per heavy atom. The van der Waals surface area contributed by atoms with Crippen LogP contribution >= 0.6 is 0 Å². The predicted molar refractivity (Wildman–Crippen MR) is 105 cm³/mol. The molecule has 0 saturated carbocycles. The normalized spacial score (nSPS) is 10.2. The Balaban J connectivity index is 1.99. The Bertz CT molecular complexity index is 941. The quantitative estimate of drug-likeness (QED) is 0.410. The molecule has 9 heteroatoms. The summed E-state index contributed by atoms with van der Waals surface area (Å²) in [7, 11) is 2.80. The molecule has 0 heterocycles. The first-order valence-corrected chi connectivity index (χ1v) is 8.67. The average Bonchev–Trinajstić information content (AvgIpc) is 2.67. The lowest BCUT2D eigenvalue weighted by Gasteiger charge is -2.12. The summed E-state index contributed by atoms with van der Waals surface area (Å²) in [6.07, 6.45) is -0.0392. The lowest BCUT2D eigenvalue weighted by Crippen LogP contribution is -2.22. The maximum atomic E-state index is 12.1. The predicted octanol–water partition coefficient (Wildman–Crippen LogP) is 2.95. The number of nitro groups is 1. The van der Waals surface area contributed by atoms with Crippen LogP contribution in [0.1, 0.15) is 16.7 Å². The molecule has 1 amide bonds. The molecule has 2 rings (SSSR count). The van der Waals surface area contributed by atoms with Crippen LogP contribution in [0.25, 0.3) is 0 Å². The molecule has 0 spiro atoms. The summed E-state index contributed by atoms with van der Waals surface area (Å²) in [5.74, 6) is -0.583. The zero-order valence-corrected chi connectivity index (χ0v) is 16.6. The first kappa shape index (κ1) is 21.7. The molecule has 0 atom stereocenters. The Morgan fingerprint density at radius 3 is 2.38 bits per heavy atom. The smallest absolute Gasteiger partial charge is 0.311 e. The van der Waals surface area contributed by atoms with E-state index in [2.05, 4.69) is 5.32 Å². The van der Waals surface area contributed by atoms with E-state index < -0.39 is 23.4 Å². The van der Waals surface area contributed by atoms with Gasteiger partial charge in [0, 0.05) is 23.4 Å². The summed E-state index contributed by atoms with van der Waals surface area (Å²) in [4.78, 5) is 34.7. The number of anilines is 1. The third-order valence-electron chi connectivity index (χ3n) is 4.13. The fourth-order valence-corrected chi connectivity index (χ4v) is 2.70. The van der Waals surface area contributed by atoms with Crippen molar-refractivity contribution in [3.05, 3.63) is 57.1 Å². The zero-order chi connectivity index (χ0) is 21.6. The molecule has 0 aliphatic carbocycles. The monoisotopic (exact) mass is 402 g/mol. The molecule has 2 aromatic rings. The Morgan fingerprint density at radius 2 is 1.76 bits per heavy atom. The van der Waals surface area contributed by atoms with Gasteiger partial charge in [0.25, 0.3) is 5.91 Å². The molecule has 1 N–H and O–H groups in total. The molecular weight excluding hydrogens is 380 g/mol. The van der Waals surface area contributed by atoms with E-state index in [1.807, 2.05) is 19.1 Å². The third-order valence-corrected chi connectivity index (χ3v) is 4.13. The van der Waals surface area contributed by atoms with Crippen molar-refractivity contribution in [1.82, 2.24) is 0 Å². The van der Waals surface area contributed by atoms with Crippen LogP contribution in [-0.4, -0.2) is 37.6 Å². The number of ether oxygens (including phenoxy) is 3. The topological polar surface area (TPSA) is 117 Å². The molecule has 29 heavy (non-hydrogen) atoms. The molecule has 2 aromatic carbocycles. The lowest BCUT2D eigenvalue weighted by molar-refractivity contribution is -0.385. The van der Waals surface area contributed by atoms with Gasteiger partial charge in [0.2, 0.25) is 0 Å². The number of methoxy groups -OCH3 is 2. The summed E-state index contributed by atoms with van der Waals surface area (Å²) < 4.78 is 15.2. The molecular formula is C20H22N2O7. The Kier molecular flexibility index (Phi) is 7.13. The number of nitrogens with one attached hydrogen (secondary N) is 1. The minimum Gasteiger partial charge on any atom is -0.496 e. The molecule has 0 saturated heterocycles. The summed E-state index contributed by atoms with van der Waals surface area (Å²) in [6.45, 7) is 3.01. The van der Waals surface area contributed by atoms with Crippen LogP contribution < -0.4 is 14.8 Å². The zero-order valence-electron chi connectivity index (χ0n) is 16.6. The molecule has 0 radical (unpaired) electrons. The summed E-state index contributed by atoms with van der Waals surface area (Å²) in [6, 6.07) is 8.08. The van der Waals surface area contributed by atoms with Crippen molar-refractivity contribution in [3.8, 4) is 11.5 Å². The van der Waals surface area contributed by atoms with E-state index in [1.54, 1.807) is 13.0 Å². The molecule has 0 aliphatic heterocycles. The van der Waals surface area contributed by atoms with Crippen LogP contribution in [0.15, 0.2) is 30.3 Å². The fourth-order valence-electron chi connectivity index (χ4n) is 2.70. The van der Waals surface area contributed by atoms with E-state index in [-0.39, 0.29) is 17.9 Å². The van der Waals surface area contributed by atoms with Gasteiger partial charge in [-0.3, -0.25) is 19.7 Å². The van der Waals surface area contributed by atoms with Crippen molar-refractivity contribution in [2.24, 2.45) is 0 Å². The standard InChI is InChI=1S/C20H22N2O7/c1-12-5-6-17(27-3)14(7-12)9-20(24)29-11-19(23)21-15-10-18(28-4)16(22(25)26)8-13(15)2/h5-8,10H,9,11H2,1-4H3,(H,21,23).